The normalized spacial score (nSPS) is 24.7. The molecule has 0 bridgehead atoms. The number of nitrogens with one attached hydrogen (secondary N) is 1. The molecule has 1 aliphatic carbocycles. The zero-order valence-corrected chi connectivity index (χ0v) is 19.8. The molecule has 36 heavy (non-hydrogen) atoms. The quantitative estimate of drug-likeness (QED) is 0.557. The molecule has 3 fully saturated rings. The molecule has 1 spiro atoms. The third-order valence-corrected chi connectivity index (χ3v) is 8.15. The molecule has 1 N–H and O–H groups in total. The Balaban J connectivity index is 1.55. The lowest BCUT2D eigenvalue weighted by Crippen LogP contribution is -2.53. The van der Waals surface area contributed by atoms with Crippen LogP contribution in [0, 0.1) is 28.7 Å². The highest BCUT2D eigenvalue weighted by atomic mass is 32.2. The van der Waals surface area contributed by atoms with Gasteiger partial charge in [0.05, 0.1) is 12.6 Å². The number of rotatable bonds is 7. The van der Waals surface area contributed by atoms with E-state index in [1.807, 2.05) is 0 Å². The van der Waals surface area contributed by atoms with Crippen molar-refractivity contribution in [3.05, 3.63) is 59.2 Å². The number of hydrogen-bond acceptors (Lipinski definition) is 4. The number of carbonyl (C=O) groups excluding carboxylic acids is 1. The third kappa shape index (κ3) is 4.61. The monoisotopic (exact) mass is 530 g/mol. The van der Waals surface area contributed by atoms with E-state index in [9.17, 15) is 30.8 Å². The Kier molecular flexibility index (Phi) is 6.32. The highest BCUT2D eigenvalue weighted by Crippen LogP contribution is 2.56. The van der Waals surface area contributed by atoms with Crippen molar-refractivity contribution in [2.45, 2.75) is 43.9 Å². The minimum atomic E-state index is -4.34. The molecule has 6 nitrogen and oxygen atoms in total. The summed E-state index contributed by atoms with van der Waals surface area (Å²) in [5.41, 5.74) is -1.47. The standard InChI is InChI=1S/C24H23F5N2O4S/c25-12-36(33,34)30-22-19(31(11-24(22)2-3-24)23(32)20-1-4-35-20)8-14-7-17(28)10-18(21(14)29)13-5-15(26)9-16(27)6-13/h5-7,9-10,19-20,22,30H,1-4,8,11-12H2/t19-,20+,22+/m0/s1. The number of carbonyl (C=O) groups is 1. The number of ether oxygens (including phenoxy) is 1. The number of benzene rings is 2. The number of halogens is 5. The van der Waals surface area contributed by atoms with Crippen LogP contribution in [0.2, 0.25) is 0 Å². The molecule has 3 aliphatic rings. The number of likely N-dealkylation sites (tertiary alicyclic amines) is 1. The van der Waals surface area contributed by atoms with Crippen LogP contribution >= 0.6 is 0 Å². The molecular formula is C24H23F5N2O4S. The van der Waals surface area contributed by atoms with E-state index >= 15 is 4.39 Å². The first-order valence-corrected chi connectivity index (χ1v) is 13.1. The van der Waals surface area contributed by atoms with Crippen LogP contribution in [0.3, 0.4) is 0 Å². The average molecular weight is 531 g/mol. The Hall–Kier alpha value is -2.57. The van der Waals surface area contributed by atoms with Gasteiger partial charge in [0.2, 0.25) is 16.0 Å². The summed E-state index contributed by atoms with van der Waals surface area (Å²) in [6.07, 6.45) is 0.575. The zero-order chi connectivity index (χ0) is 25.8. The van der Waals surface area contributed by atoms with Gasteiger partial charge in [-0.05, 0) is 54.7 Å². The maximum atomic E-state index is 15.6. The Labute approximate surface area is 204 Å². The van der Waals surface area contributed by atoms with Gasteiger partial charge in [0.25, 0.3) is 5.91 Å². The van der Waals surface area contributed by atoms with E-state index in [0.29, 0.717) is 31.9 Å². The number of alkyl halides is 1. The summed E-state index contributed by atoms with van der Waals surface area (Å²) in [7, 11) is -4.34. The summed E-state index contributed by atoms with van der Waals surface area (Å²) in [6, 6.07) is 0.467. The molecule has 2 heterocycles. The average Bonchev–Trinajstić information content (AvgIpc) is 3.49. The van der Waals surface area contributed by atoms with Crippen molar-refractivity contribution in [2.75, 3.05) is 19.2 Å². The summed E-state index contributed by atoms with van der Waals surface area (Å²) in [6.45, 7) is 0.554. The zero-order valence-electron chi connectivity index (χ0n) is 18.9. The molecule has 2 saturated heterocycles. The van der Waals surface area contributed by atoms with Crippen molar-refractivity contribution >= 4 is 15.9 Å². The molecule has 194 valence electrons. The van der Waals surface area contributed by atoms with Gasteiger partial charge < -0.3 is 9.64 Å². The minimum Gasteiger partial charge on any atom is -0.368 e. The fourth-order valence-electron chi connectivity index (χ4n) is 5.22. The van der Waals surface area contributed by atoms with E-state index in [1.54, 1.807) is 0 Å². The van der Waals surface area contributed by atoms with Crippen molar-refractivity contribution in [1.29, 1.82) is 0 Å². The van der Waals surface area contributed by atoms with Gasteiger partial charge in [-0.1, -0.05) is 0 Å². The van der Waals surface area contributed by atoms with Crippen molar-refractivity contribution in [1.82, 2.24) is 9.62 Å². The van der Waals surface area contributed by atoms with Gasteiger partial charge in [0.1, 0.15) is 29.4 Å². The molecule has 0 radical (unpaired) electrons. The Morgan fingerprint density at radius 2 is 1.69 bits per heavy atom. The SMILES string of the molecule is O=C([C@H]1CCO1)N1CC2(CC2)[C@H](NS(=O)(=O)CF)[C@@H]1Cc1cc(F)cc(-c2cc(F)cc(F)c2)c1F. The fraction of sp³-hybridized carbons (Fsp3) is 0.458. The third-order valence-electron chi connectivity index (χ3n) is 7.25. The Bertz CT molecular complexity index is 1290. The summed E-state index contributed by atoms with van der Waals surface area (Å²) in [5.74, 6) is -4.19. The van der Waals surface area contributed by atoms with Crippen LogP contribution < -0.4 is 4.72 Å². The maximum Gasteiger partial charge on any atom is 0.252 e. The Morgan fingerprint density at radius 1 is 1.06 bits per heavy atom. The predicted molar refractivity (Wildman–Crippen MR) is 119 cm³/mol. The van der Waals surface area contributed by atoms with Gasteiger partial charge in [-0.15, -0.1) is 0 Å². The smallest absolute Gasteiger partial charge is 0.252 e. The lowest BCUT2D eigenvalue weighted by Gasteiger charge is -2.34. The van der Waals surface area contributed by atoms with E-state index in [2.05, 4.69) is 4.72 Å². The summed E-state index contributed by atoms with van der Waals surface area (Å²) < 4.78 is 103. The van der Waals surface area contributed by atoms with Gasteiger partial charge in [-0.25, -0.2) is 35.1 Å². The van der Waals surface area contributed by atoms with Gasteiger partial charge >= 0.3 is 0 Å². The Morgan fingerprint density at radius 3 is 2.25 bits per heavy atom. The first-order valence-electron chi connectivity index (χ1n) is 11.4. The van der Waals surface area contributed by atoms with Crippen LogP contribution in [-0.4, -0.2) is 56.6 Å². The molecule has 0 aromatic heterocycles. The number of nitrogens with zero attached hydrogens (tertiary/aromatic N) is 1. The van der Waals surface area contributed by atoms with E-state index in [1.165, 1.54) is 4.90 Å². The summed E-state index contributed by atoms with van der Waals surface area (Å²) >= 11 is 0. The second kappa shape index (κ2) is 9.07. The first kappa shape index (κ1) is 25.1. The lowest BCUT2D eigenvalue weighted by atomic mass is 9.91. The molecule has 2 aromatic carbocycles. The topological polar surface area (TPSA) is 75.7 Å². The second-order valence-corrected chi connectivity index (χ2v) is 11.3. The van der Waals surface area contributed by atoms with Crippen LogP contribution in [0.4, 0.5) is 22.0 Å². The van der Waals surface area contributed by atoms with Gasteiger partial charge in [0, 0.05) is 36.1 Å². The highest BCUT2D eigenvalue weighted by molar-refractivity contribution is 7.89. The predicted octanol–water partition coefficient (Wildman–Crippen LogP) is 3.45. The van der Waals surface area contributed by atoms with Crippen LogP contribution in [-0.2, 0) is 26.0 Å². The summed E-state index contributed by atoms with van der Waals surface area (Å²) in [5, 5.41) is 0. The molecule has 0 unspecified atom stereocenters. The van der Waals surface area contributed by atoms with Gasteiger partial charge in [-0.3, -0.25) is 4.79 Å². The number of hydrogen-bond donors (Lipinski definition) is 1. The number of sulfonamides is 1. The van der Waals surface area contributed by atoms with E-state index in [4.69, 9.17) is 4.74 Å². The molecular weight excluding hydrogens is 507 g/mol. The lowest BCUT2D eigenvalue weighted by molar-refractivity contribution is -0.157. The van der Waals surface area contributed by atoms with Gasteiger partial charge in [-0.2, -0.15) is 0 Å². The van der Waals surface area contributed by atoms with Crippen LogP contribution in [0.25, 0.3) is 11.1 Å². The van der Waals surface area contributed by atoms with Crippen molar-refractivity contribution < 1.29 is 39.9 Å². The fourth-order valence-corrected chi connectivity index (χ4v) is 6.08. The molecule has 12 heteroatoms. The first-order chi connectivity index (χ1) is 17.0. The molecule has 5 rings (SSSR count). The van der Waals surface area contributed by atoms with Gasteiger partial charge in [0.15, 0.2) is 0 Å². The second-order valence-electron chi connectivity index (χ2n) is 9.65. The molecule has 3 atom stereocenters. The van der Waals surface area contributed by atoms with E-state index < -0.39 is 68.8 Å². The van der Waals surface area contributed by atoms with Crippen molar-refractivity contribution in [3.8, 4) is 11.1 Å². The van der Waals surface area contributed by atoms with E-state index in [-0.39, 0.29) is 29.7 Å². The molecule has 2 aromatic rings. The molecule has 1 amide bonds. The minimum absolute atomic E-state index is 0.161. The van der Waals surface area contributed by atoms with Crippen LogP contribution in [0.1, 0.15) is 24.8 Å². The van der Waals surface area contributed by atoms with Crippen molar-refractivity contribution in [2.24, 2.45) is 5.41 Å². The molecule has 1 saturated carbocycles. The van der Waals surface area contributed by atoms with E-state index in [0.717, 1.165) is 24.3 Å². The number of amides is 1. The maximum absolute atomic E-state index is 15.6. The molecule has 2 aliphatic heterocycles. The van der Waals surface area contributed by atoms with Crippen LogP contribution in [0.15, 0.2) is 30.3 Å². The highest BCUT2D eigenvalue weighted by Gasteiger charge is 2.62. The van der Waals surface area contributed by atoms with Crippen LogP contribution in [0.5, 0.6) is 0 Å². The summed E-state index contributed by atoms with van der Waals surface area (Å²) in [4.78, 5) is 14.5. The largest absolute Gasteiger partial charge is 0.368 e. The van der Waals surface area contributed by atoms with Crippen molar-refractivity contribution in [3.63, 3.8) is 0 Å².